The van der Waals surface area contributed by atoms with Crippen molar-refractivity contribution < 1.29 is 9.59 Å². The van der Waals surface area contributed by atoms with Gasteiger partial charge in [-0.2, -0.15) is 5.10 Å². The number of imidazole rings is 1. The fourth-order valence-corrected chi connectivity index (χ4v) is 2.78. The van der Waals surface area contributed by atoms with E-state index in [-0.39, 0.29) is 11.6 Å². The van der Waals surface area contributed by atoms with E-state index >= 15 is 0 Å². The van der Waals surface area contributed by atoms with Crippen molar-refractivity contribution in [3.05, 3.63) is 64.1 Å². The number of nitrogens with zero attached hydrogens (tertiary/aromatic N) is 3. The molecule has 0 saturated carbocycles. The van der Waals surface area contributed by atoms with Gasteiger partial charge in [-0.3, -0.25) is 18.7 Å². The lowest BCUT2D eigenvalue weighted by Gasteiger charge is -2.04. The normalized spacial score (nSPS) is 11.1. The van der Waals surface area contributed by atoms with Crippen molar-refractivity contribution in [3.63, 3.8) is 0 Å². The summed E-state index contributed by atoms with van der Waals surface area (Å²) < 4.78 is 3.12. The summed E-state index contributed by atoms with van der Waals surface area (Å²) in [5.41, 5.74) is 5.60. The monoisotopic (exact) mass is 365 g/mol. The molecular weight excluding hydrogens is 346 g/mol. The molecule has 138 valence electrons. The van der Waals surface area contributed by atoms with E-state index in [0.29, 0.717) is 11.3 Å². The van der Waals surface area contributed by atoms with Crippen LogP contribution in [0, 0.1) is 0 Å². The molecule has 1 aromatic heterocycles. The van der Waals surface area contributed by atoms with Gasteiger partial charge in [0.05, 0.1) is 17.2 Å². The highest BCUT2D eigenvalue weighted by Crippen LogP contribution is 2.13. The van der Waals surface area contributed by atoms with Crippen LogP contribution in [0.15, 0.2) is 52.4 Å². The van der Waals surface area contributed by atoms with Gasteiger partial charge in [0.2, 0.25) is 5.91 Å². The SMILES string of the molecule is CC(=O)Nc1cccc(C(=O)N/N=C\c2ccc3c(c2)n(C)c(=O)n3C)c1. The zero-order valence-electron chi connectivity index (χ0n) is 15.2. The largest absolute Gasteiger partial charge is 0.328 e. The molecule has 3 rings (SSSR count). The van der Waals surface area contributed by atoms with E-state index in [1.807, 2.05) is 18.2 Å². The van der Waals surface area contributed by atoms with Gasteiger partial charge in [-0.15, -0.1) is 0 Å². The minimum absolute atomic E-state index is 0.105. The Morgan fingerprint density at radius 1 is 1.04 bits per heavy atom. The predicted molar refractivity (Wildman–Crippen MR) is 104 cm³/mol. The highest BCUT2D eigenvalue weighted by Gasteiger charge is 2.08. The third kappa shape index (κ3) is 3.79. The van der Waals surface area contributed by atoms with Crippen molar-refractivity contribution in [1.82, 2.24) is 14.6 Å². The van der Waals surface area contributed by atoms with Crippen LogP contribution in [0.1, 0.15) is 22.8 Å². The zero-order chi connectivity index (χ0) is 19.6. The number of hydrazone groups is 1. The summed E-state index contributed by atoms with van der Waals surface area (Å²) in [7, 11) is 3.42. The van der Waals surface area contributed by atoms with E-state index in [4.69, 9.17) is 0 Å². The fourth-order valence-electron chi connectivity index (χ4n) is 2.78. The van der Waals surface area contributed by atoms with Gasteiger partial charge in [-0.25, -0.2) is 10.2 Å². The number of fused-ring (bicyclic) bond motifs is 1. The van der Waals surface area contributed by atoms with Gasteiger partial charge in [0, 0.05) is 32.3 Å². The number of hydrogen-bond acceptors (Lipinski definition) is 4. The van der Waals surface area contributed by atoms with E-state index in [0.717, 1.165) is 16.6 Å². The number of amides is 2. The number of hydrogen-bond donors (Lipinski definition) is 2. The molecule has 0 aliphatic heterocycles. The molecule has 8 heteroatoms. The maximum Gasteiger partial charge on any atom is 0.328 e. The van der Waals surface area contributed by atoms with Crippen LogP contribution in [0.3, 0.4) is 0 Å². The Bertz CT molecular complexity index is 1120. The highest BCUT2D eigenvalue weighted by atomic mass is 16.2. The summed E-state index contributed by atoms with van der Waals surface area (Å²) in [6.07, 6.45) is 1.51. The van der Waals surface area contributed by atoms with Gasteiger partial charge in [0.15, 0.2) is 0 Å². The van der Waals surface area contributed by atoms with Crippen LogP contribution in [0.25, 0.3) is 11.0 Å². The Morgan fingerprint density at radius 3 is 2.52 bits per heavy atom. The summed E-state index contributed by atoms with van der Waals surface area (Å²) in [6.45, 7) is 1.40. The number of aryl methyl sites for hydroxylation is 2. The maximum atomic E-state index is 12.2. The molecule has 3 aromatic rings. The van der Waals surface area contributed by atoms with Gasteiger partial charge in [-0.05, 0) is 35.9 Å². The Morgan fingerprint density at radius 2 is 1.78 bits per heavy atom. The van der Waals surface area contributed by atoms with Crippen molar-refractivity contribution >= 4 is 34.7 Å². The first-order chi connectivity index (χ1) is 12.9. The highest BCUT2D eigenvalue weighted by molar-refractivity contribution is 5.97. The first-order valence-electron chi connectivity index (χ1n) is 8.23. The number of benzene rings is 2. The molecule has 0 aliphatic rings. The lowest BCUT2D eigenvalue weighted by Crippen LogP contribution is -2.19. The number of anilines is 1. The number of nitrogens with one attached hydrogen (secondary N) is 2. The van der Waals surface area contributed by atoms with Gasteiger partial charge in [0.1, 0.15) is 0 Å². The van der Waals surface area contributed by atoms with Crippen molar-refractivity contribution in [3.8, 4) is 0 Å². The Balaban J connectivity index is 1.74. The Hall–Kier alpha value is -3.68. The fraction of sp³-hybridized carbons (Fsp3) is 0.158. The van der Waals surface area contributed by atoms with E-state index in [1.54, 1.807) is 47.5 Å². The van der Waals surface area contributed by atoms with E-state index < -0.39 is 5.91 Å². The molecule has 0 saturated heterocycles. The van der Waals surface area contributed by atoms with Gasteiger partial charge >= 0.3 is 5.69 Å². The second-order valence-corrected chi connectivity index (χ2v) is 6.11. The maximum absolute atomic E-state index is 12.2. The lowest BCUT2D eigenvalue weighted by atomic mass is 10.2. The molecule has 2 aromatic carbocycles. The third-order valence-electron chi connectivity index (χ3n) is 4.12. The molecule has 2 N–H and O–H groups in total. The van der Waals surface area contributed by atoms with E-state index in [1.165, 1.54) is 13.1 Å². The van der Waals surface area contributed by atoms with Crippen LogP contribution in [-0.4, -0.2) is 27.2 Å². The minimum Gasteiger partial charge on any atom is -0.326 e. The van der Waals surface area contributed by atoms with Crippen LogP contribution >= 0.6 is 0 Å². The van der Waals surface area contributed by atoms with Crippen LogP contribution in [0.5, 0.6) is 0 Å². The summed E-state index contributed by atoms with van der Waals surface area (Å²) in [5.74, 6) is -0.608. The van der Waals surface area contributed by atoms with Crippen LogP contribution in [-0.2, 0) is 18.9 Å². The molecule has 0 fully saturated rings. The molecule has 0 atom stereocenters. The molecule has 1 heterocycles. The lowest BCUT2D eigenvalue weighted by molar-refractivity contribution is -0.114. The molecule has 0 unspecified atom stereocenters. The third-order valence-corrected chi connectivity index (χ3v) is 4.12. The van der Waals surface area contributed by atoms with Crippen molar-refractivity contribution in [2.24, 2.45) is 19.2 Å². The molecular formula is C19H19N5O3. The van der Waals surface area contributed by atoms with Crippen LogP contribution < -0.4 is 16.4 Å². The molecule has 27 heavy (non-hydrogen) atoms. The van der Waals surface area contributed by atoms with Gasteiger partial charge in [-0.1, -0.05) is 12.1 Å². The average Bonchev–Trinajstić information content (AvgIpc) is 2.85. The quantitative estimate of drug-likeness (QED) is 0.543. The van der Waals surface area contributed by atoms with Crippen molar-refractivity contribution in [1.29, 1.82) is 0 Å². The number of rotatable bonds is 4. The van der Waals surface area contributed by atoms with Crippen molar-refractivity contribution in [2.75, 3.05) is 5.32 Å². The minimum atomic E-state index is -0.397. The molecule has 2 amide bonds. The molecule has 0 aliphatic carbocycles. The van der Waals surface area contributed by atoms with Gasteiger partial charge < -0.3 is 5.32 Å². The van der Waals surface area contributed by atoms with E-state index in [2.05, 4.69) is 15.8 Å². The van der Waals surface area contributed by atoms with Crippen LogP contribution in [0.4, 0.5) is 5.69 Å². The van der Waals surface area contributed by atoms with E-state index in [9.17, 15) is 14.4 Å². The smallest absolute Gasteiger partial charge is 0.326 e. The predicted octanol–water partition coefficient (Wildman–Crippen LogP) is 1.60. The average molecular weight is 365 g/mol. The number of carbonyl (C=O) groups is 2. The number of carbonyl (C=O) groups excluding carboxylic acids is 2. The first-order valence-corrected chi connectivity index (χ1v) is 8.23. The Kier molecular flexibility index (Phi) is 4.89. The van der Waals surface area contributed by atoms with Gasteiger partial charge in [0.25, 0.3) is 5.91 Å². The Labute approximate surface area is 155 Å². The molecule has 0 spiro atoms. The van der Waals surface area contributed by atoms with Crippen molar-refractivity contribution in [2.45, 2.75) is 6.92 Å². The summed E-state index contributed by atoms with van der Waals surface area (Å²) in [5, 5.41) is 6.59. The zero-order valence-corrected chi connectivity index (χ0v) is 15.2. The summed E-state index contributed by atoms with van der Waals surface area (Å²) in [6, 6.07) is 12.0. The van der Waals surface area contributed by atoms with Crippen LogP contribution in [0.2, 0.25) is 0 Å². The standard InChI is InChI=1S/C19H19N5O3/c1-12(25)21-15-6-4-5-14(10-15)18(26)22-20-11-13-7-8-16-17(9-13)24(3)19(27)23(16)2/h4-11H,1-3H3,(H,21,25)(H,22,26)/b20-11-. The summed E-state index contributed by atoms with van der Waals surface area (Å²) >= 11 is 0. The molecule has 0 bridgehead atoms. The first kappa shape index (κ1) is 18.1. The molecule has 0 radical (unpaired) electrons. The second kappa shape index (κ2) is 7.28. The topological polar surface area (TPSA) is 97.5 Å². The number of aromatic nitrogens is 2. The molecule has 8 nitrogen and oxygen atoms in total. The second-order valence-electron chi connectivity index (χ2n) is 6.11. The summed E-state index contributed by atoms with van der Waals surface area (Å²) in [4.78, 5) is 35.3.